The number of benzene rings is 1. The number of hydrogen-bond donors (Lipinski definition) is 0. The molecule has 222 valence electrons. The van der Waals surface area contributed by atoms with Gasteiger partial charge >= 0.3 is 30.0 Å². The summed E-state index contributed by atoms with van der Waals surface area (Å²) < 4.78 is 32.7. The van der Waals surface area contributed by atoms with Gasteiger partial charge in [-0.1, -0.05) is 29.3 Å². The predicted octanol–water partition coefficient (Wildman–Crippen LogP) is 1.20. The Kier molecular flexibility index (Phi) is 10.4. The van der Waals surface area contributed by atoms with Crippen molar-refractivity contribution in [3.63, 3.8) is 0 Å². The molecule has 2 aliphatic rings. The second kappa shape index (κ2) is 13.7. The van der Waals surface area contributed by atoms with E-state index in [0.29, 0.717) is 16.2 Å². The van der Waals surface area contributed by atoms with E-state index in [-0.39, 0.29) is 12.8 Å². The van der Waals surface area contributed by atoms with Crippen LogP contribution in [0, 0.1) is 0 Å². The molecule has 0 bridgehead atoms. The Labute approximate surface area is 233 Å². The van der Waals surface area contributed by atoms with Gasteiger partial charge in [-0.15, -0.1) is 0 Å². The van der Waals surface area contributed by atoms with E-state index in [2.05, 4.69) is 0 Å². The number of nitrogens with zero attached hydrogens (tertiary/aromatic N) is 1. The SMILES string of the molecule is CC(=O)OC[C@H]1O[C@H](c2ccccc2COC(=O)ON2C(=O)CCC2=O)[C@H](OC(C)=O)[C@@H](OC(C)=O)[C@H]1OC(C)=O. The molecule has 2 heterocycles. The highest BCUT2D eigenvalue weighted by Gasteiger charge is 2.53. The van der Waals surface area contributed by atoms with Gasteiger partial charge in [-0.2, -0.15) is 0 Å². The van der Waals surface area contributed by atoms with Gasteiger partial charge in [0.2, 0.25) is 0 Å². The molecule has 1 aromatic rings. The lowest BCUT2D eigenvalue weighted by Gasteiger charge is -2.45. The van der Waals surface area contributed by atoms with Gasteiger partial charge in [0, 0.05) is 40.5 Å². The molecule has 0 aromatic heterocycles. The zero-order valence-electron chi connectivity index (χ0n) is 22.7. The minimum Gasteiger partial charge on any atom is -0.463 e. The van der Waals surface area contributed by atoms with Crippen LogP contribution in [-0.4, -0.2) is 77.9 Å². The van der Waals surface area contributed by atoms with Crippen molar-refractivity contribution in [3.05, 3.63) is 35.4 Å². The van der Waals surface area contributed by atoms with E-state index >= 15 is 0 Å². The van der Waals surface area contributed by atoms with Crippen LogP contribution in [0.5, 0.6) is 0 Å². The Hall–Kier alpha value is -4.53. The average molecular weight is 580 g/mol. The van der Waals surface area contributed by atoms with Gasteiger partial charge in [0.05, 0.1) is 0 Å². The summed E-state index contributed by atoms with van der Waals surface area (Å²) in [7, 11) is 0. The molecule has 0 radical (unpaired) electrons. The van der Waals surface area contributed by atoms with Crippen LogP contribution in [-0.2, 0) is 68.6 Å². The number of hydroxylamine groups is 2. The number of carbonyl (C=O) groups is 7. The van der Waals surface area contributed by atoms with Crippen LogP contribution < -0.4 is 0 Å². The first-order valence-corrected chi connectivity index (χ1v) is 12.5. The van der Waals surface area contributed by atoms with E-state index in [1.165, 1.54) is 0 Å². The lowest BCUT2D eigenvalue weighted by atomic mass is 9.88. The van der Waals surface area contributed by atoms with Crippen molar-refractivity contribution in [1.29, 1.82) is 0 Å². The number of hydrogen-bond acceptors (Lipinski definition) is 14. The van der Waals surface area contributed by atoms with Crippen molar-refractivity contribution >= 4 is 41.8 Å². The van der Waals surface area contributed by atoms with Crippen LogP contribution in [0.2, 0.25) is 0 Å². The Morgan fingerprint density at radius 3 is 1.93 bits per heavy atom. The smallest absolute Gasteiger partial charge is 0.463 e. The van der Waals surface area contributed by atoms with Crippen LogP contribution in [0.4, 0.5) is 4.79 Å². The third kappa shape index (κ3) is 8.23. The molecular formula is C26H29NO14. The third-order valence-corrected chi connectivity index (χ3v) is 5.87. The zero-order valence-corrected chi connectivity index (χ0v) is 22.7. The van der Waals surface area contributed by atoms with Crippen molar-refractivity contribution in [1.82, 2.24) is 5.06 Å². The van der Waals surface area contributed by atoms with Crippen LogP contribution in [0.15, 0.2) is 24.3 Å². The zero-order chi connectivity index (χ0) is 30.3. The van der Waals surface area contributed by atoms with E-state index in [9.17, 15) is 33.6 Å². The fraction of sp³-hybridized carbons (Fsp3) is 0.500. The molecular weight excluding hydrogens is 550 g/mol. The standard InChI is InChI=1S/C26H29NO14/c1-13(28)35-12-19-23(37-14(2)29)25(39-16(4)31)24(38-15(3)30)22(40-19)18-8-6-5-7-17(18)11-36-26(34)41-27-20(32)9-10-21(27)33/h5-8,19,22-25H,9-12H2,1-4H3/t19-,22-,23+,24+,25+/m1/s1. The maximum atomic E-state index is 12.2. The van der Waals surface area contributed by atoms with E-state index in [0.717, 1.165) is 27.7 Å². The summed E-state index contributed by atoms with van der Waals surface area (Å²) in [5, 5.41) is 0.327. The molecule has 2 saturated heterocycles. The molecule has 15 nitrogen and oxygen atoms in total. The number of carbonyl (C=O) groups excluding carboxylic acids is 7. The molecule has 1 aromatic carbocycles. The highest BCUT2D eigenvalue weighted by atomic mass is 16.8. The quantitative estimate of drug-likeness (QED) is 0.231. The Balaban J connectivity index is 1.95. The molecule has 2 aliphatic heterocycles. The molecule has 0 aliphatic carbocycles. The normalized spacial score (nSPS) is 23.8. The minimum atomic E-state index is -1.40. The third-order valence-electron chi connectivity index (χ3n) is 5.87. The molecule has 2 fully saturated rings. The number of esters is 4. The van der Waals surface area contributed by atoms with Gasteiger partial charge in [0.25, 0.3) is 11.8 Å². The number of amides is 2. The molecule has 0 N–H and O–H groups in total. The van der Waals surface area contributed by atoms with Crippen molar-refractivity contribution in [2.75, 3.05) is 6.61 Å². The van der Waals surface area contributed by atoms with Crippen LogP contribution >= 0.6 is 0 Å². The van der Waals surface area contributed by atoms with Crippen LogP contribution in [0.3, 0.4) is 0 Å². The maximum Gasteiger partial charge on any atom is 0.534 e. The monoisotopic (exact) mass is 579 g/mol. The molecule has 0 unspecified atom stereocenters. The van der Waals surface area contributed by atoms with Gasteiger partial charge in [0.1, 0.15) is 25.4 Å². The van der Waals surface area contributed by atoms with Gasteiger partial charge in [-0.05, 0) is 11.1 Å². The van der Waals surface area contributed by atoms with Crippen LogP contribution in [0.1, 0.15) is 57.8 Å². The molecule has 3 rings (SSSR count). The largest absolute Gasteiger partial charge is 0.534 e. The summed E-state index contributed by atoms with van der Waals surface area (Å²) >= 11 is 0. The van der Waals surface area contributed by atoms with Gasteiger partial charge in [-0.25, -0.2) is 4.79 Å². The topological polar surface area (TPSA) is 187 Å². The molecule has 15 heteroatoms. The summed E-state index contributed by atoms with van der Waals surface area (Å²) in [6, 6.07) is 6.31. The van der Waals surface area contributed by atoms with Gasteiger partial charge in [-0.3, -0.25) is 33.6 Å². The molecule has 41 heavy (non-hydrogen) atoms. The predicted molar refractivity (Wildman–Crippen MR) is 130 cm³/mol. The van der Waals surface area contributed by atoms with E-state index < -0.39 is 85.6 Å². The highest BCUT2D eigenvalue weighted by Crippen LogP contribution is 2.39. The van der Waals surface area contributed by atoms with Crippen molar-refractivity contribution in [2.24, 2.45) is 0 Å². The summed E-state index contributed by atoms with van der Waals surface area (Å²) in [6.45, 7) is 3.61. The van der Waals surface area contributed by atoms with Crippen molar-refractivity contribution in [3.8, 4) is 0 Å². The van der Waals surface area contributed by atoms with Gasteiger partial charge < -0.3 is 28.4 Å². The lowest BCUT2D eigenvalue weighted by Crippen LogP contribution is -2.59. The maximum absolute atomic E-state index is 12.2. The average Bonchev–Trinajstić information content (AvgIpc) is 3.20. The Morgan fingerprint density at radius 2 is 1.34 bits per heavy atom. The van der Waals surface area contributed by atoms with E-state index in [1.54, 1.807) is 24.3 Å². The molecule has 2 amide bonds. The number of rotatable bonds is 9. The Morgan fingerprint density at radius 1 is 0.780 bits per heavy atom. The fourth-order valence-corrected chi connectivity index (χ4v) is 4.32. The lowest BCUT2D eigenvalue weighted by molar-refractivity contribution is -0.254. The second-order valence-corrected chi connectivity index (χ2v) is 9.03. The summed E-state index contributed by atoms with van der Waals surface area (Å²) in [5.41, 5.74) is 0.607. The molecule has 0 spiro atoms. The van der Waals surface area contributed by atoms with Crippen molar-refractivity contribution in [2.45, 2.75) is 77.7 Å². The van der Waals surface area contributed by atoms with E-state index in [1.807, 2.05) is 0 Å². The summed E-state index contributed by atoms with van der Waals surface area (Å²) in [4.78, 5) is 88.1. The van der Waals surface area contributed by atoms with Crippen LogP contribution in [0.25, 0.3) is 0 Å². The van der Waals surface area contributed by atoms with Crippen molar-refractivity contribution < 1.29 is 66.8 Å². The second-order valence-electron chi connectivity index (χ2n) is 9.03. The molecule has 0 saturated carbocycles. The minimum absolute atomic E-state index is 0.0994. The highest BCUT2D eigenvalue weighted by molar-refractivity contribution is 6.01. The first-order valence-electron chi connectivity index (χ1n) is 12.5. The van der Waals surface area contributed by atoms with Gasteiger partial charge in [0.15, 0.2) is 18.3 Å². The molecule has 5 atom stereocenters. The summed E-state index contributed by atoms with van der Waals surface area (Å²) in [5.74, 6) is -4.39. The number of ether oxygens (including phenoxy) is 6. The van der Waals surface area contributed by atoms with E-state index in [4.69, 9.17) is 33.3 Å². The first kappa shape index (κ1) is 31.0. The fourth-order valence-electron chi connectivity index (χ4n) is 4.32. The summed E-state index contributed by atoms with van der Waals surface area (Å²) in [6.07, 6.45) is -8.04. The number of imide groups is 1. The Bertz CT molecular complexity index is 1200. The first-order chi connectivity index (χ1) is 19.4.